The lowest BCUT2D eigenvalue weighted by Crippen LogP contribution is -2.14. The largest absolute Gasteiger partial charge is 0.263 e. The molecule has 1 N–H and O–H groups in total. The fourth-order valence-corrected chi connectivity index (χ4v) is 2.83. The SMILES string of the molecule is Cc1cc(S(=O)(=O)Nc2cc(Cl)ccn2)ccc1C#N. The van der Waals surface area contributed by atoms with Crippen LogP contribution in [0.25, 0.3) is 0 Å². The van der Waals surface area contributed by atoms with Gasteiger partial charge in [-0.3, -0.25) is 4.72 Å². The van der Waals surface area contributed by atoms with Crippen LogP contribution in [0.2, 0.25) is 5.02 Å². The summed E-state index contributed by atoms with van der Waals surface area (Å²) in [5.74, 6) is 0.138. The van der Waals surface area contributed by atoms with Crippen molar-refractivity contribution < 1.29 is 8.42 Å². The van der Waals surface area contributed by atoms with Crippen molar-refractivity contribution in [2.24, 2.45) is 0 Å². The standard InChI is InChI=1S/C13H10ClN3O2S/c1-9-6-12(3-2-10(9)8-15)20(18,19)17-13-7-11(14)4-5-16-13/h2-7H,1H3,(H,16,17). The van der Waals surface area contributed by atoms with Gasteiger partial charge in [-0.2, -0.15) is 5.26 Å². The molecular formula is C13H10ClN3O2S. The van der Waals surface area contributed by atoms with Gasteiger partial charge in [0, 0.05) is 17.3 Å². The molecule has 0 aliphatic rings. The highest BCUT2D eigenvalue weighted by Crippen LogP contribution is 2.19. The fraction of sp³-hybridized carbons (Fsp3) is 0.0769. The van der Waals surface area contributed by atoms with Crippen LogP contribution in [0.15, 0.2) is 41.4 Å². The molecule has 0 bridgehead atoms. The lowest BCUT2D eigenvalue weighted by molar-refractivity contribution is 0.601. The molecule has 1 heterocycles. The molecule has 2 rings (SSSR count). The minimum atomic E-state index is -3.76. The smallest absolute Gasteiger partial charge is 0.263 e. The summed E-state index contributed by atoms with van der Waals surface area (Å²) >= 11 is 5.77. The number of hydrogen-bond donors (Lipinski definition) is 1. The maximum absolute atomic E-state index is 12.2. The molecule has 0 aliphatic heterocycles. The first-order chi connectivity index (χ1) is 9.42. The van der Waals surface area contributed by atoms with Crippen molar-refractivity contribution in [1.82, 2.24) is 4.98 Å². The van der Waals surface area contributed by atoms with Crippen molar-refractivity contribution >= 4 is 27.4 Å². The molecule has 0 aliphatic carbocycles. The molecule has 1 aromatic heterocycles. The highest BCUT2D eigenvalue weighted by Gasteiger charge is 2.16. The topological polar surface area (TPSA) is 82.8 Å². The minimum Gasteiger partial charge on any atom is -0.263 e. The Hall–Kier alpha value is -2.10. The van der Waals surface area contributed by atoms with Crippen LogP contribution < -0.4 is 4.72 Å². The molecule has 0 saturated carbocycles. The molecular weight excluding hydrogens is 298 g/mol. The maximum atomic E-state index is 12.2. The summed E-state index contributed by atoms with van der Waals surface area (Å²) in [6.45, 7) is 1.68. The van der Waals surface area contributed by atoms with E-state index in [0.717, 1.165) is 0 Å². The molecule has 5 nitrogen and oxygen atoms in total. The zero-order valence-electron chi connectivity index (χ0n) is 10.5. The van der Waals surface area contributed by atoms with E-state index in [1.165, 1.54) is 30.5 Å². The monoisotopic (exact) mass is 307 g/mol. The van der Waals surface area contributed by atoms with Gasteiger partial charge >= 0.3 is 0 Å². The maximum Gasteiger partial charge on any atom is 0.263 e. The van der Waals surface area contributed by atoms with Gasteiger partial charge in [0.2, 0.25) is 0 Å². The Morgan fingerprint density at radius 1 is 1.30 bits per heavy atom. The Morgan fingerprint density at radius 3 is 2.65 bits per heavy atom. The summed E-state index contributed by atoms with van der Waals surface area (Å²) in [6.07, 6.45) is 1.41. The highest BCUT2D eigenvalue weighted by atomic mass is 35.5. The van der Waals surface area contributed by atoms with Crippen molar-refractivity contribution in [2.75, 3.05) is 4.72 Å². The first kappa shape index (κ1) is 14.3. The number of halogens is 1. The second-order valence-electron chi connectivity index (χ2n) is 4.05. The van der Waals surface area contributed by atoms with E-state index >= 15 is 0 Å². The average molecular weight is 308 g/mol. The Morgan fingerprint density at radius 2 is 2.05 bits per heavy atom. The van der Waals surface area contributed by atoms with Gasteiger partial charge in [-0.25, -0.2) is 13.4 Å². The number of nitrogens with zero attached hydrogens (tertiary/aromatic N) is 2. The first-order valence-corrected chi connectivity index (χ1v) is 7.43. The number of aromatic nitrogens is 1. The van der Waals surface area contributed by atoms with Gasteiger partial charge in [0.25, 0.3) is 10.0 Å². The van der Waals surface area contributed by atoms with Crippen LogP contribution in [0.4, 0.5) is 5.82 Å². The van der Waals surface area contributed by atoms with Crippen LogP contribution >= 0.6 is 11.6 Å². The summed E-state index contributed by atoms with van der Waals surface area (Å²) in [5.41, 5.74) is 1.03. The number of nitriles is 1. The molecule has 2 aromatic rings. The third-order valence-electron chi connectivity index (χ3n) is 2.59. The molecule has 0 radical (unpaired) electrons. The van der Waals surface area contributed by atoms with Crippen LogP contribution in [0.1, 0.15) is 11.1 Å². The second-order valence-corrected chi connectivity index (χ2v) is 6.17. The third-order valence-corrected chi connectivity index (χ3v) is 4.18. The van der Waals surface area contributed by atoms with Crippen molar-refractivity contribution in [3.05, 3.63) is 52.7 Å². The third kappa shape index (κ3) is 3.07. The zero-order valence-corrected chi connectivity index (χ0v) is 12.0. The van der Waals surface area contributed by atoms with E-state index in [0.29, 0.717) is 16.1 Å². The summed E-state index contributed by atoms with van der Waals surface area (Å²) in [6, 6.07) is 9.22. The van der Waals surface area contributed by atoms with Gasteiger partial charge in [-0.05, 0) is 36.8 Å². The van der Waals surface area contributed by atoms with Gasteiger partial charge in [-0.1, -0.05) is 11.6 Å². The van der Waals surface area contributed by atoms with Crippen LogP contribution in [-0.2, 0) is 10.0 Å². The van der Waals surface area contributed by atoms with Gasteiger partial charge in [0.05, 0.1) is 16.5 Å². The first-order valence-electron chi connectivity index (χ1n) is 5.57. The zero-order chi connectivity index (χ0) is 14.8. The molecule has 0 fully saturated rings. The number of pyridine rings is 1. The van der Waals surface area contributed by atoms with Crippen LogP contribution in [-0.4, -0.2) is 13.4 Å². The molecule has 0 atom stereocenters. The Bertz CT molecular complexity index is 798. The van der Waals surface area contributed by atoms with E-state index in [4.69, 9.17) is 16.9 Å². The molecule has 1 aromatic carbocycles. The predicted molar refractivity (Wildman–Crippen MR) is 75.9 cm³/mol. The highest BCUT2D eigenvalue weighted by molar-refractivity contribution is 7.92. The molecule has 0 amide bonds. The quantitative estimate of drug-likeness (QED) is 0.945. The summed E-state index contributed by atoms with van der Waals surface area (Å²) in [5, 5.41) is 9.22. The number of rotatable bonds is 3. The summed E-state index contributed by atoms with van der Waals surface area (Å²) < 4.78 is 26.7. The van der Waals surface area contributed by atoms with E-state index in [-0.39, 0.29) is 10.7 Å². The van der Waals surface area contributed by atoms with Gasteiger partial charge in [-0.15, -0.1) is 0 Å². The molecule has 0 unspecified atom stereocenters. The van der Waals surface area contributed by atoms with E-state index in [1.54, 1.807) is 13.0 Å². The Balaban J connectivity index is 2.36. The Kier molecular flexibility index (Phi) is 3.93. The van der Waals surface area contributed by atoms with E-state index in [1.807, 2.05) is 6.07 Å². The van der Waals surface area contributed by atoms with Gasteiger partial charge in [0.15, 0.2) is 0 Å². The van der Waals surface area contributed by atoms with E-state index < -0.39 is 10.0 Å². The number of anilines is 1. The fourth-order valence-electron chi connectivity index (χ4n) is 1.59. The van der Waals surface area contributed by atoms with Crippen molar-refractivity contribution in [1.29, 1.82) is 5.26 Å². The number of sulfonamides is 1. The predicted octanol–water partition coefficient (Wildman–Crippen LogP) is 2.72. The minimum absolute atomic E-state index is 0.0655. The molecule has 0 saturated heterocycles. The van der Waals surface area contributed by atoms with Crippen molar-refractivity contribution in [3.8, 4) is 6.07 Å². The van der Waals surface area contributed by atoms with Gasteiger partial charge in [0.1, 0.15) is 5.82 Å². The summed E-state index contributed by atoms with van der Waals surface area (Å²) in [4.78, 5) is 3.94. The molecule has 20 heavy (non-hydrogen) atoms. The van der Waals surface area contributed by atoms with E-state index in [2.05, 4.69) is 9.71 Å². The van der Waals surface area contributed by atoms with Crippen molar-refractivity contribution in [2.45, 2.75) is 11.8 Å². The number of aryl methyl sites for hydroxylation is 1. The number of benzene rings is 1. The normalized spacial score (nSPS) is 10.8. The lowest BCUT2D eigenvalue weighted by Gasteiger charge is -2.08. The van der Waals surface area contributed by atoms with Crippen LogP contribution in [0, 0.1) is 18.3 Å². The van der Waals surface area contributed by atoms with Crippen LogP contribution in [0.5, 0.6) is 0 Å². The Labute approximate surface area is 121 Å². The molecule has 102 valence electrons. The lowest BCUT2D eigenvalue weighted by atomic mass is 10.1. The van der Waals surface area contributed by atoms with Crippen LogP contribution in [0.3, 0.4) is 0 Å². The number of hydrogen-bond acceptors (Lipinski definition) is 4. The van der Waals surface area contributed by atoms with Gasteiger partial charge < -0.3 is 0 Å². The molecule has 0 spiro atoms. The summed E-state index contributed by atoms with van der Waals surface area (Å²) in [7, 11) is -3.76. The second kappa shape index (κ2) is 5.49. The van der Waals surface area contributed by atoms with Crippen molar-refractivity contribution in [3.63, 3.8) is 0 Å². The average Bonchev–Trinajstić information content (AvgIpc) is 2.38. The van der Waals surface area contributed by atoms with E-state index in [9.17, 15) is 8.42 Å². The molecule has 7 heteroatoms. The number of nitrogens with one attached hydrogen (secondary N) is 1.